The number of hydrogen-bond donors (Lipinski definition) is 2. The highest BCUT2D eigenvalue weighted by Gasteiger charge is 2.19. The Morgan fingerprint density at radius 2 is 1.82 bits per heavy atom. The van der Waals surface area contributed by atoms with Crippen molar-refractivity contribution in [2.45, 2.75) is 31.8 Å². The summed E-state index contributed by atoms with van der Waals surface area (Å²) in [6.07, 6.45) is 3.25. The molecule has 0 unspecified atom stereocenters. The minimum Gasteiger partial charge on any atom is -0.508 e. The maximum atomic E-state index is 11.6. The van der Waals surface area contributed by atoms with E-state index in [-0.39, 0.29) is 12.4 Å². The van der Waals surface area contributed by atoms with Crippen LogP contribution in [-0.4, -0.2) is 55.9 Å². The number of aromatic hydroxyl groups is 1. The largest absolute Gasteiger partial charge is 0.508 e. The number of likely N-dealkylation sites (tertiary alicyclic amines) is 1. The number of phenolic OH excluding ortho intramolecular Hbond substituents is 1. The molecule has 39 heavy (non-hydrogen) atoms. The summed E-state index contributed by atoms with van der Waals surface area (Å²) in [4.78, 5) is 15.2. The molecule has 0 bridgehead atoms. The van der Waals surface area contributed by atoms with Gasteiger partial charge in [-0.1, -0.05) is 12.1 Å². The van der Waals surface area contributed by atoms with Gasteiger partial charge in [0.25, 0.3) is 0 Å². The van der Waals surface area contributed by atoms with Gasteiger partial charge in [0, 0.05) is 21.7 Å². The summed E-state index contributed by atoms with van der Waals surface area (Å²) in [5.74, 6) is 1.28. The molecule has 0 radical (unpaired) electrons. The van der Waals surface area contributed by atoms with Gasteiger partial charge in [-0.25, -0.2) is 0 Å². The van der Waals surface area contributed by atoms with Gasteiger partial charge in [0.2, 0.25) is 0 Å². The topological polar surface area (TPSA) is 94.2 Å². The number of ether oxygens (including phenoxy) is 3. The van der Waals surface area contributed by atoms with E-state index in [0.29, 0.717) is 5.75 Å². The molecule has 0 saturated carbocycles. The van der Waals surface area contributed by atoms with Crippen molar-refractivity contribution in [3.05, 3.63) is 77.4 Å². The second-order valence-electron chi connectivity index (χ2n) is 9.86. The summed E-state index contributed by atoms with van der Waals surface area (Å²) < 4.78 is 17.2. The summed E-state index contributed by atoms with van der Waals surface area (Å²) in [6, 6.07) is 19.0. The minimum absolute atomic E-state index is 0.0367. The number of nitrogens with two attached hydrogens (primary N) is 1. The normalized spacial score (nSPS) is 14.4. The molecule has 1 aromatic heterocycles. The lowest BCUT2D eigenvalue weighted by molar-refractivity contribution is -0.142. The highest BCUT2D eigenvalue weighted by atomic mass is 32.1. The number of hydrogen-bond acceptors (Lipinski definition) is 8. The molecular weight excluding hydrogens is 512 g/mol. The van der Waals surface area contributed by atoms with Gasteiger partial charge in [-0.15, -0.1) is 11.3 Å². The van der Waals surface area contributed by atoms with E-state index in [4.69, 9.17) is 15.2 Å². The van der Waals surface area contributed by atoms with Crippen molar-refractivity contribution in [2.75, 3.05) is 33.9 Å². The molecule has 1 saturated heterocycles. The Bertz CT molecular complexity index is 1440. The second-order valence-corrected chi connectivity index (χ2v) is 10.9. The number of nitrogens with zero attached hydrogens (tertiary/aromatic N) is 1. The van der Waals surface area contributed by atoms with Crippen LogP contribution in [0.1, 0.15) is 29.5 Å². The van der Waals surface area contributed by atoms with Crippen LogP contribution in [0.4, 0.5) is 0 Å². The fourth-order valence-electron chi connectivity index (χ4n) is 5.07. The molecule has 8 heteroatoms. The van der Waals surface area contributed by atoms with Crippen molar-refractivity contribution in [3.8, 4) is 27.7 Å². The van der Waals surface area contributed by atoms with Gasteiger partial charge in [-0.2, -0.15) is 0 Å². The highest BCUT2D eigenvalue weighted by Crippen LogP contribution is 2.42. The van der Waals surface area contributed by atoms with Crippen LogP contribution in [0.2, 0.25) is 0 Å². The first-order valence-corrected chi connectivity index (χ1v) is 14.0. The maximum Gasteiger partial charge on any atom is 0.326 e. The van der Waals surface area contributed by atoms with E-state index in [9.17, 15) is 9.90 Å². The molecule has 3 aromatic carbocycles. The number of carbonyl (C=O) groups excluding carboxylic acids is 1. The molecule has 1 atom stereocenters. The molecule has 7 nitrogen and oxygen atoms in total. The average Bonchev–Trinajstić information content (AvgIpc) is 3.60. The first-order valence-electron chi connectivity index (χ1n) is 13.1. The lowest BCUT2D eigenvalue weighted by Crippen LogP contribution is -2.37. The van der Waals surface area contributed by atoms with Crippen LogP contribution in [0.25, 0.3) is 20.5 Å². The van der Waals surface area contributed by atoms with Crippen LogP contribution in [0.15, 0.2) is 60.7 Å². The number of rotatable bonds is 10. The van der Waals surface area contributed by atoms with Gasteiger partial charge >= 0.3 is 5.97 Å². The standard InChI is InChI=1S/C31H34N2O5S/c1-36-28-16-20(5-6-22(28)18-33-13-3-4-14-33)15-26-25-12-9-23(34)17-29(25)39-30(26)21-7-10-24(11-8-21)38-19-27(32)31(35)37-2/h5-12,16-17,27,34H,3-4,13-15,18-19,32H2,1-2H3/t27-/m0/s1. The van der Waals surface area contributed by atoms with Crippen molar-refractivity contribution in [1.82, 2.24) is 4.90 Å². The molecule has 0 spiro atoms. The van der Waals surface area contributed by atoms with Crippen LogP contribution in [0, 0.1) is 0 Å². The summed E-state index contributed by atoms with van der Waals surface area (Å²) in [5.41, 5.74) is 10.4. The van der Waals surface area contributed by atoms with E-state index in [1.54, 1.807) is 24.5 Å². The van der Waals surface area contributed by atoms with Crippen molar-refractivity contribution < 1.29 is 24.1 Å². The van der Waals surface area contributed by atoms with Gasteiger partial charge in [-0.3, -0.25) is 9.69 Å². The SMILES string of the molecule is COC(=O)[C@@H](N)COc1ccc(-c2sc3cc(O)ccc3c2Cc2ccc(CN3CCCC3)c(OC)c2)cc1. The van der Waals surface area contributed by atoms with Crippen LogP contribution in [-0.2, 0) is 22.5 Å². The molecule has 0 aliphatic carbocycles. The third-order valence-electron chi connectivity index (χ3n) is 7.15. The van der Waals surface area contributed by atoms with E-state index in [2.05, 4.69) is 27.8 Å². The van der Waals surface area contributed by atoms with Crippen LogP contribution in [0.5, 0.6) is 17.2 Å². The number of fused-ring (bicyclic) bond motifs is 1. The van der Waals surface area contributed by atoms with Crippen LogP contribution >= 0.6 is 11.3 Å². The quantitative estimate of drug-likeness (QED) is 0.259. The first-order chi connectivity index (χ1) is 18.9. The predicted molar refractivity (Wildman–Crippen MR) is 155 cm³/mol. The number of methoxy groups -OCH3 is 2. The molecule has 204 valence electrons. The predicted octanol–water partition coefficient (Wildman–Crippen LogP) is 5.35. The van der Waals surface area contributed by atoms with Gasteiger partial charge in [0.1, 0.15) is 29.9 Å². The molecule has 2 heterocycles. The van der Waals surface area contributed by atoms with Gasteiger partial charge in [0.15, 0.2) is 0 Å². The summed E-state index contributed by atoms with van der Waals surface area (Å²) in [5, 5.41) is 11.3. The minimum atomic E-state index is -0.838. The Hall–Kier alpha value is -3.59. The number of esters is 1. The van der Waals surface area contributed by atoms with E-state index >= 15 is 0 Å². The van der Waals surface area contributed by atoms with E-state index in [1.165, 1.54) is 36.6 Å². The number of benzene rings is 3. The van der Waals surface area contributed by atoms with E-state index in [0.717, 1.165) is 52.3 Å². The zero-order valence-electron chi connectivity index (χ0n) is 22.3. The molecule has 0 amide bonds. The Labute approximate surface area is 232 Å². The summed E-state index contributed by atoms with van der Waals surface area (Å²) in [6.45, 7) is 3.23. The average molecular weight is 547 g/mol. The molecule has 1 fully saturated rings. The molecule has 5 rings (SSSR count). The van der Waals surface area contributed by atoms with Gasteiger partial charge < -0.3 is 25.1 Å². The number of carbonyl (C=O) groups is 1. The Balaban J connectivity index is 1.42. The lowest BCUT2D eigenvalue weighted by Gasteiger charge is -2.18. The van der Waals surface area contributed by atoms with Crippen molar-refractivity contribution in [3.63, 3.8) is 0 Å². The Morgan fingerprint density at radius 1 is 1.05 bits per heavy atom. The second kappa shape index (κ2) is 12.1. The summed E-state index contributed by atoms with van der Waals surface area (Å²) in [7, 11) is 3.04. The smallest absolute Gasteiger partial charge is 0.326 e. The zero-order chi connectivity index (χ0) is 27.4. The Kier molecular flexibility index (Phi) is 8.35. The fourth-order valence-corrected chi connectivity index (χ4v) is 6.33. The lowest BCUT2D eigenvalue weighted by atomic mass is 9.97. The molecular formula is C31H34N2O5S. The molecule has 4 aromatic rings. The molecule has 1 aliphatic heterocycles. The third kappa shape index (κ3) is 6.19. The number of phenols is 1. The van der Waals surface area contributed by atoms with Crippen LogP contribution < -0.4 is 15.2 Å². The first kappa shape index (κ1) is 27.0. The fraction of sp³-hybridized carbons (Fsp3) is 0.323. The van der Waals surface area contributed by atoms with E-state index < -0.39 is 12.0 Å². The third-order valence-corrected chi connectivity index (χ3v) is 8.40. The van der Waals surface area contributed by atoms with Crippen molar-refractivity contribution >= 4 is 27.4 Å². The monoisotopic (exact) mass is 546 g/mol. The van der Waals surface area contributed by atoms with Crippen LogP contribution in [0.3, 0.4) is 0 Å². The molecule has 1 aliphatic rings. The van der Waals surface area contributed by atoms with Gasteiger partial charge in [-0.05, 0) is 103 Å². The van der Waals surface area contributed by atoms with Crippen molar-refractivity contribution in [1.29, 1.82) is 0 Å². The number of thiophene rings is 1. The van der Waals surface area contributed by atoms with Crippen molar-refractivity contribution in [2.24, 2.45) is 5.73 Å². The maximum absolute atomic E-state index is 11.6. The highest BCUT2D eigenvalue weighted by molar-refractivity contribution is 7.22. The Morgan fingerprint density at radius 3 is 2.54 bits per heavy atom. The summed E-state index contributed by atoms with van der Waals surface area (Å²) >= 11 is 1.66. The zero-order valence-corrected chi connectivity index (χ0v) is 23.1. The molecule has 3 N–H and O–H groups in total. The van der Waals surface area contributed by atoms with E-state index in [1.807, 2.05) is 36.4 Å². The van der Waals surface area contributed by atoms with Gasteiger partial charge in [0.05, 0.1) is 14.2 Å².